The van der Waals surface area contributed by atoms with Crippen molar-refractivity contribution in [3.63, 3.8) is 0 Å². The van der Waals surface area contributed by atoms with Crippen LogP contribution in [0.3, 0.4) is 0 Å². The van der Waals surface area contributed by atoms with Crippen molar-refractivity contribution < 1.29 is 14.3 Å². The Bertz CT molecular complexity index is 338. The summed E-state index contributed by atoms with van der Waals surface area (Å²) in [5.41, 5.74) is 1.55. The van der Waals surface area contributed by atoms with E-state index in [1.54, 1.807) is 0 Å². The average Bonchev–Trinajstić information content (AvgIpc) is 2.66. The quantitative estimate of drug-likeness (QED) is 0.571. The van der Waals surface area contributed by atoms with Crippen molar-refractivity contribution in [1.82, 2.24) is 0 Å². The first-order chi connectivity index (χ1) is 8.44. The maximum atomic E-state index is 11.9. The lowest BCUT2D eigenvalue weighted by Gasteiger charge is -2.33. The van der Waals surface area contributed by atoms with E-state index in [4.69, 9.17) is 9.47 Å². The third-order valence-corrected chi connectivity index (χ3v) is 3.68. The van der Waals surface area contributed by atoms with Gasteiger partial charge in [-0.1, -0.05) is 19.4 Å². The fourth-order valence-corrected chi connectivity index (χ4v) is 3.09. The minimum absolute atomic E-state index is 0.0531. The molecule has 0 unspecified atom stereocenters. The molecule has 0 bridgehead atoms. The number of allylic oxidation sites excluding steroid dienone is 1. The molecule has 1 heterocycles. The summed E-state index contributed by atoms with van der Waals surface area (Å²) in [6.45, 7) is 7.35. The molecule has 1 aliphatic heterocycles. The van der Waals surface area contributed by atoms with Crippen molar-refractivity contribution in [3.05, 3.63) is 11.6 Å². The predicted octanol–water partition coefficient (Wildman–Crippen LogP) is 3.23. The molecule has 1 saturated heterocycles. The number of hydrogen-bond acceptors (Lipinski definition) is 3. The molecule has 3 nitrogen and oxygen atoms in total. The van der Waals surface area contributed by atoms with Crippen molar-refractivity contribution in [3.8, 4) is 0 Å². The monoisotopic (exact) mass is 252 g/mol. The van der Waals surface area contributed by atoms with Crippen molar-refractivity contribution in [1.29, 1.82) is 0 Å². The van der Waals surface area contributed by atoms with Crippen molar-refractivity contribution in [2.24, 2.45) is 5.41 Å². The highest BCUT2D eigenvalue weighted by molar-refractivity contribution is 5.70. The van der Waals surface area contributed by atoms with Gasteiger partial charge < -0.3 is 9.47 Å². The smallest absolute Gasteiger partial charge is 0.309 e. The summed E-state index contributed by atoms with van der Waals surface area (Å²) in [6.07, 6.45) is 6.59. The summed E-state index contributed by atoms with van der Waals surface area (Å²) in [5.74, 6) is -0.117. The van der Waals surface area contributed by atoms with E-state index < -0.39 is 0 Å². The molecule has 2 atom stereocenters. The van der Waals surface area contributed by atoms with Crippen molar-refractivity contribution in [2.45, 2.75) is 65.1 Å². The number of carbonyl (C=O) groups excluding carboxylic acids is 1. The SMILES string of the molecule is CC1=C[C@H](OC(=O)C[C@H]2CCCO2)CC(C)(C)C1. The lowest BCUT2D eigenvalue weighted by molar-refractivity contribution is -0.150. The second-order valence-corrected chi connectivity index (χ2v) is 6.43. The molecule has 2 aliphatic rings. The van der Waals surface area contributed by atoms with Gasteiger partial charge >= 0.3 is 5.97 Å². The highest BCUT2D eigenvalue weighted by Gasteiger charge is 2.30. The van der Waals surface area contributed by atoms with Gasteiger partial charge in [-0.05, 0) is 44.1 Å². The zero-order chi connectivity index (χ0) is 13.2. The summed E-state index contributed by atoms with van der Waals surface area (Å²) in [4.78, 5) is 11.9. The van der Waals surface area contributed by atoms with Crippen LogP contribution >= 0.6 is 0 Å². The van der Waals surface area contributed by atoms with Crippen LogP contribution in [0.5, 0.6) is 0 Å². The second-order valence-electron chi connectivity index (χ2n) is 6.43. The molecule has 2 rings (SSSR count). The van der Waals surface area contributed by atoms with Gasteiger partial charge in [-0.3, -0.25) is 4.79 Å². The molecule has 0 aromatic carbocycles. The molecule has 3 heteroatoms. The minimum Gasteiger partial charge on any atom is -0.458 e. The van der Waals surface area contributed by atoms with Crippen LogP contribution in [0, 0.1) is 5.41 Å². The second kappa shape index (κ2) is 5.43. The zero-order valence-corrected chi connectivity index (χ0v) is 11.7. The number of hydrogen-bond donors (Lipinski definition) is 0. The Labute approximate surface area is 110 Å². The largest absolute Gasteiger partial charge is 0.458 e. The van der Waals surface area contributed by atoms with E-state index in [1.807, 2.05) is 0 Å². The molecule has 0 saturated carbocycles. The first-order valence-corrected chi connectivity index (χ1v) is 6.93. The highest BCUT2D eigenvalue weighted by atomic mass is 16.5. The summed E-state index contributed by atoms with van der Waals surface area (Å²) in [5, 5.41) is 0. The zero-order valence-electron chi connectivity index (χ0n) is 11.7. The predicted molar refractivity (Wildman–Crippen MR) is 70.2 cm³/mol. The molecule has 0 aromatic rings. The molecule has 0 radical (unpaired) electrons. The van der Waals surface area contributed by atoms with E-state index in [1.165, 1.54) is 5.57 Å². The van der Waals surface area contributed by atoms with E-state index in [-0.39, 0.29) is 23.6 Å². The van der Waals surface area contributed by atoms with Gasteiger partial charge in [-0.25, -0.2) is 0 Å². The lowest BCUT2D eigenvalue weighted by atomic mass is 9.76. The average molecular weight is 252 g/mol. The van der Waals surface area contributed by atoms with Gasteiger partial charge in [0.05, 0.1) is 12.5 Å². The van der Waals surface area contributed by atoms with Crippen LogP contribution in [-0.4, -0.2) is 24.8 Å². The molecule has 0 aromatic heterocycles. The number of esters is 1. The maximum Gasteiger partial charge on any atom is 0.309 e. The first-order valence-electron chi connectivity index (χ1n) is 6.93. The van der Waals surface area contributed by atoms with Gasteiger partial charge in [0.15, 0.2) is 0 Å². The van der Waals surface area contributed by atoms with Gasteiger partial charge in [0.25, 0.3) is 0 Å². The van der Waals surface area contributed by atoms with Gasteiger partial charge in [-0.2, -0.15) is 0 Å². The van der Waals surface area contributed by atoms with E-state index in [0.717, 1.165) is 32.3 Å². The third-order valence-electron chi connectivity index (χ3n) is 3.68. The van der Waals surface area contributed by atoms with Crippen LogP contribution in [0.25, 0.3) is 0 Å². The Morgan fingerprint density at radius 1 is 1.56 bits per heavy atom. The topological polar surface area (TPSA) is 35.5 Å². The van der Waals surface area contributed by atoms with Gasteiger partial charge in [0.2, 0.25) is 0 Å². The van der Waals surface area contributed by atoms with Crippen LogP contribution < -0.4 is 0 Å². The fourth-order valence-electron chi connectivity index (χ4n) is 3.09. The summed E-state index contributed by atoms with van der Waals surface area (Å²) in [7, 11) is 0. The van der Waals surface area contributed by atoms with Crippen molar-refractivity contribution in [2.75, 3.05) is 6.61 Å². The van der Waals surface area contributed by atoms with Crippen LogP contribution in [0.2, 0.25) is 0 Å². The van der Waals surface area contributed by atoms with E-state index in [0.29, 0.717) is 6.42 Å². The summed E-state index contributed by atoms with van der Waals surface area (Å²) < 4.78 is 11.0. The van der Waals surface area contributed by atoms with E-state index in [9.17, 15) is 4.79 Å². The molecule has 1 fully saturated rings. The molecular weight excluding hydrogens is 228 g/mol. The van der Waals surface area contributed by atoms with Gasteiger partial charge in [0, 0.05) is 6.61 Å². The Morgan fingerprint density at radius 3 is 2.94 bits per heavy atom. The van der Waals surface area contributed by atoms with Crippen molar-refractivity contribution >= 4 is 5.97 Å². The molecule has 0 N–H and O–H groups in total. The van der Waals surface area contributed by atoms with Crippen LogP contribution in [-0.2, 0) is 14.3 Å². The maximum absolute atomic E-state index is 11.9. The van der Waals surface area contributed by atoms with Crippen LogP contribution in [0.1, 0.15) is 52.9 Å². The Morgan fingerprint density at radius 2 is 2.33 bits per heavy atom. The first kappa shape index (κ1) is 13.6. The number of rotatable bonds is 3. The highest BCUT2D eigenvalue weighted by Crippen LogP contribution is 2.36. The minimum atomic E-state index is -0.117. The van der Waals surface area contributed by atoms with Gasteiger partial charge in [-0.15, -0.1) is 0 Å². The van der Waals surface area contributed by atoms with Crippen LogP contribution in [0.4, 0.5) is 0 Å². The number of ether oxygens (including phenoxy) is 2. The van der Waals surface area contributed by atoms with Crippen LogP contribution in [0.15, 0.2) is 11.6 Å². The lowest BCUT2D eigenvalue weighted by Crippen LogP contribution is -2.29. The molecule has 0 spiro atoms. The Kier molecular flexibility index (Phi) is 4.10. The molecule has 102 valence electrons. The third kappa shape index (κ3) is 3.84. The number of carbonyl (C=O) groups is 1. The molecule has 18 heavy (non-hydrogen) atoms. The standard InChI is InChI=1S/C15H24O3/c1-11-7-13(10-15(2,3)9-11)18-14(16)8-12-5-4-6-17-12/h7,12-13H,4-6,8-10H2,1-3H3/t12-,13+/m1/s1. The molecular formula is C15H24O3. The summed E-state index contributed by atoms with van der Waals surface area (Å²) >= 11 is 0. The summed E-state index contributed by atoms with van der Waals surface area (Å²) in [6, 6.07) is 0. The molecule has 0 amide bonds. The van der Waals surface area contributed by atoms with Gasteiger partial charge in [0.1, 0.15) is 6.10 Å². The Balaban J connectivity index is 1.84. The Hall–Kier alpha value is -0.830. The van der Waals surface area contributed by atoms with E-state index >= 15 is 0 Å². The fraction of sp³-hybridized carbons (Fsp3) is 0.800. The molecule has 1 aliphatic carbocycles. The van der Waals surface area contributed by atoms with E-state index in [2.05, 4.69) is 26.8 Å². The normalized spacial score (nSPS) is 30.9.